The lowest BCUT2D eigenvalue weighted by molar-refractivity contribution is -0.110. The van der Waals surface area contributed by atoms with Gasteiger partial charge in [0, 0.05) is 35.6 Å². The molecule has 0 aliphatic rings. The Labute approximate surface area is 116 Å². The Morgan fingerprint density at radius 2 is 1.83 bits per heavy atom. The molecule has 0 spiro atoms. The molecule has 0 aliphatic heterocycles. The molecule has 6 nitrogen and oxygen atoms in total. The minimum absolute atomic E-state index is 0.0716. The van der Waals surface area contributed by atoms with E-state index in [4.69, 9.17) is 13.8 Å². The van der Waals surface area contributed by atoms with Crippen LogP contribution in [0.3, 0.4) is 0 Å². The van der Waals surface area contributed by atoms with Crippen molar-refractivity contribution in [2.45, 2.75) is 20.8 Å². The van der Waals surface area contributed by atoms with Gasteiger partial charge < -0.3 is 5.84 Å². The molecule has 0 aromatic rings. The van der Waals surface area contributed by atoms with Crippen molar-refractivity contribution in [2.24, 2.45) is 10.9 Å². The molecule has 0 fully saturated rings. The minimum Gasteiger partial charge on any atom is -0.323 e. The lowest BCUT2D eigenvalue weighted by Crippen LogP contribution is -2.15. The van der Waals surface area contributed by atoms with E-state index in [9.17, 15) is 9.36 Å². The second-order valence-corrected chi connectivity index (χ2v) is 7.51. The molecule has 0 aromatic heterocycles. The highest BCUT2D eigenvalue weighted by molar-refractivity contribution is 8.01. The fraction of sp³-hybridized carbons (Fsp3) is 0.667. The van der Waals surface area contributed by atoms with E-state index in [1.165, 1.54) is 0 Å². The van der Waals surface area contributed by atoms with Crippen LogP contribution in [0.4, 0.5) is 0 Å². The van der Waals surface area contributed by atoms with Crippen LogP contribution < -0.4 is 5.84 Å². The van der Waals surface area contributed by atoms with Crippen molar-refractivity contribution < 1.29 is 17.3 Å². The first kappa shape index (κ1) is 18.0. The average Bonchev–Trinajstić information content (AvgIpc) is 2.34. The van der Waals surface area contributed by atoms with Crippen LogP contribution in [0.5, 0.6) is 0 Å². The zero-order valence-corrected chi connectivity index (χ0v) is 13.1. The minimum atomic E-state index is -3.32. The molecular formula is C9H18N2O4PS2. The number of hydrazone groups is 1. The zero-order valence-electron chi connectivity index (χ0n) is 10.6. The Morgan fingerprint density at radius 1 is 1.33 bits per heavy atom. The number of Topliss-reactive ketones (excluding diaryl/α,β-unsaturated/α-hetero) is 1. The van der Waals surface area contributed by atoms with Gasteiger partial charge in [-0.1, -0.05) is 20.8 Å². The summed E-state index contributed by atoms with van der Waals surface area (Å²) < 4.78 is 22.6. The normalized spacial score (nSPS) is 12.4. The first-order chi connectivity index (χ1) is 8.49. The molecule has 2 N–H and O–H groups in total. The van der Waals surface area contributed by atoms with Crippen molar-refractivity contribution in [1.82, 2.24) is 0 Å². The van der Waals surface area contributed by atoms with E-state index >= 15 is 0 Å². The summed E-state index contributed by atoms with van der Waals surface area (Å²) in [7, 11) is -3.32. The summed E-state index contributed by atoms with van der Waals surface area (Å²) in [6, 6.07) is 0. The highest BCUT2D eigenvalue weighted by Gasteiger charge is 2.31. The largest absolute Gasteiger partial charge is 0.353 e. The highest BCUT2D eigenvalue weighted by Crippen LogP contribution is 2.56. The summed E-state index contributed by atoms with van der Waals surface area (Å²) >= 11 is 2.10. The number of carbonyl (C=O) groups excluding carboxylic acids is 1. The lowest BCUT2D eigenvalue weighted by Gasteiger charge is -2.17. The number of ketones is 1. The van der Waals surface area contributed by atoms with Crippen LogP contribution in [0.25, 0.3) is 0 Å². The SMILES string of the molecule is CCSOP(=O)(C[C](C)C(=O)C=NN)OSCC. The summed E-state index contributed by atoms with van der Waals surface area (Å²) in [5.41, 5.74) is 0. The monoisotopic (exact) mass is 313 g/mol. The molecule has 0 atom stereocenters. The highest BCUT2D eigenvalue weighted by atomic mass is 32.2. The van der Waals surface area contributed by atoms with Crippen LogP contribution in [0.15, 0.2) is 5.10 Å². The van der Waals surface area contributed by atoms with Crippen LogP contribution in [-0.2, 0) is 17.3 Å². The van der Waals surface area contributed by atoms with Crippen LogP contribution in [0, 0.1) is 5.92 Å². The first-order valence-corrected chi connectivity index (χ1v) is 8.85. The molecule has 0 heterocycles. The molecule has 0 amide bonds. The van der Waals surface area contributed by atoms with Crippen LogP contribution in [0.2, 0.25) is 0 Å². The lowest BCUT2D eigenvalue weighted by atomic mass is 10.1. The smallest absolute Gasteiger partial charge is 0.323 e. The predicted molar refractivity (Wildman–Crippen MR) is 77.5 cm³/mol. The summed E-state index contributed by atoms with van der Waals surface area (Å²) in [6.45, 7) is 5.28. The Morgan fingerprint density at radius 3 is 2.22 bits per heavy atom. The molecular weight excluding hydrogens is 295 g/mol. The number of hydrogen-bond donors (Lipinski definition) is 1. The maximum Gasteiger partial charge on any atom is 0.353 e. The van der Waals surface area contributed by atoms with Gasteiger partial charge in [-0.25, -0.2) is 7.94 Å². The van der Waals surface area contributed by atoms with E-state index in [2.05, 4.69) is 5.10 Å². The summed E-state index contributed by atoms with van der Waals surface area (Å²) in [4.78, 5) is 11.5. The van der Waals surface area contributed by atoms with Crippen molar-refractivity contribution >= 4 is 43.7 Å². The van der Waals surface area contributed by atoms with E-state index in [1.807, 2.05) is 13.8 Å². The Bertz CT molecular complexity index is 316. The summed E-state index contributed by atoms with van der Waals surface area (Å²) in [6.07, 6.45) is 0.900. The molecule has 0 aliphatic carbocycles. The molecule has 0 aromatic carbocycles. The average molecular weight is 313 g/mol. The van der Waals surface area contributed by atoms with Crippen LogP contribution in [-0.4, -0.2) is 29.7 Å². The molecule has 0 bridgehead atoms. The number of rotatable bonds is 10. The van der Waals surface area contributed by atoms with Gasteiger partial charge in [0.2, 0.25) is 0 Å². The van der Waals surface area contributed by atoms with Crippen molar-refractivity contribution in [1.29, 1.82) is 0 Å². The number of nitrogens with zero attached hydrogens (tertiary/aromatic N) is 1. The van der Waals surface area contributed by atoms with E-state index in [0.717, 1.165) is 30.3 Å². The number of nitrogens with two attached hydrogens (primary N) is 1. The van der Waals surface area contributed by atoms with E-state index in [0.29, 0.717) is 17.4 Å². The van der Waals surface area contributed by atoms with Crippen LogP contribution in [0.1, 0.15) is 20.8 Å². The third kappa shape index (κ3) is 7.43. The van der Waals surface area contributed by atoms with E-state index in [-0.39, 0.29) is 11.9 Å². The second kappa shape index (κ2) is 9.86. The Balaban J connectivity index is 4.56. The van der Waals surface area contributed by atoms with Crippen molar-refractivity contribution in [3.8, 4) is 0 Å². The maximum atomic E-state index is 12.3. The topological polar surface area (TPSA) is 91.0 Å². The third-order valence-corrected chi connectivity index (χ3v) is 5.60. The molecule has 0 saturated heterocycles. The summed E-state index contributed by atoms with van der Waals surface area (Å²) in [5.74, 6) is 6.12. The Hall–Kier alpha value is -0.0100. The molecule has 0 saturated carbocycles. The van der Waals surface area contributed by atoms with Gasteiger partial charge >= 0.3 is 7.60 Å². The fourth-order valence-corrected chi connectivity index (χ4v) is 4.49. The van der Waals surface area contributed by atoms with E-state index in [1.54, 1.807) is 6.92 Å². The molecule has 0 rings (SSSR count). The van der Waals surface area contributed by atoms with Gasteiger partial charge in [-0.15, -0.1) is 0 Å². The number of hydrogen-bond acceptors (Lipinski definition) is 8. The summed E-state index contributed by atoms with van der Waals surface area (Å²) in [5, 5.41) is 3.13. The van der Waals surface area contributed by atoms with Gasteiger partial charge in [0.15, 0.2) is 5.78 Å². The first-order valence-electron chi connectivity index (χ1n) is 5.30. The van der Waals surface area contributed by atoms with E-state index < -0.39 is 7.60 Å². The molecule has 9 heteroatoms. The van der Waals surface area contributed by atoms with Gasteiger partial charge in [0.05, 0.1) is 18.3 Å². The predicted octanol–water partition coefficient (Wildman–Crippen LogP) is 2.66. The maximum absolute atomic E-state index is 12.3. The van der Waals surface area contributed by atoms with Gasteiger partial charge in [0.25, 0.3) is 0 Å². The van der Waals surface area contributed by atoms with Gasteiger partial charge in [0.1, 0.15) is 0 Å². The molecule has 18 heavy (non-hydrogen) atoms. The van der Waals surface area contributed by atoms with Gasteiger partial charge in [-0.05, 0) is 0 Å². The van der Waals surface area contributed by atoms with Crippen molar-refractivity contribution in [2.75, 3.05) is 17.7 Å². The van der Waals surface area contributed by atoms with Gasteiger partial charge in [-0.3, -0.25) is 9.36 Å². The van der Waals surface area contributed by atoms with Crippen LogP contribution >= 0.6 is 31.7 Å². The molecule has 1 radical (unpaired) electrons. The quantitative estimate of drug-likeness (QED) is 0.218. The molecule has 105 valence electrons. The van der Waals surface area contributed by atoms with Crippen molar-refractivity contribution in [3.63, 3.8) is 0 Å². The fourth-order valence-electron chi connectivity index (χ4n) is 0.877. The van der Waals surface area contributed by atoms with Gasteiger partial charge in [-0.2, -0.15) is 5.10 Å². The standard InChI is InChI=1S/C9H18N2O4PS2/c1-4-17-14-16(13,15-18-5-2)7-8(3)9(12)6-11-10/h6H,4-5,7,10H2,1-3H3. The second-order valence-electron chi connectivity index (χ2n) is 3.15. The van der Waals surface area contributed by atoms with Crippen molar-refractivity contribution in [3.05, 3.63) is 5.92 Å². The molecule has 0 unspecified atom stereocenters. The zero-order chi connectivity index (χ0) is 14.0. The Kier molecular flexibility index (Phi) is 9.85. The third-order valence-electron chi connectivity index (χ3n) is 1.61. The number of carbonyl (C=O) groups is 1.